The second-order valence-corrected chi connectivity index (χ2v) is 10.8. The lowest BCUT2D eigenvalue weighted by atomic mass is 9.89. The molecule has 4 heterocycles. The van der Waals surface area contributed by atoms with E-state index in [1.807, 2.05) is 24.1 Å². The number of nitrogens with zero attached hydrogens (tertiary/aromatic N) is 5. The van der Waals surface area contributed by atoms with Gasteiger partial charge in [-0.15, -0.1) is 0 Å². The molecule has 3 fully saturated rings. The summed E-state index contributed by atoms with van der Waals surface area (Å²) in [7, 11) is 0. The first-order chi connectivity index (χ1) is 16.7. The lowest BCUT2D eigenvalue weighted by molar-refractivity contribution is -0.139. The Balaban J connectivity index is 1.35. The molecule has 1 saturated carbocycles. The number of aromatic nitrogens is 3. The highest BCUT2D eigenvalue weighted by Gasteiger charge is 2.41. The number of rotatable bonds is 6. The quantitative estimate of drug-likeness (QED) is 0.474. The first-order valence-corrected chi connectivity index (χ1v) is 13.1. The van der Waals surface area contributed by atoms with Gasteiger partial charge in [0.25, 0.3) is 0 Å². The molecule has 4 atom stereocenters. The van der Waals surface area contributed by atoms with Crippen molar-refractivity contribution in [2.45, 2.75) is 94.5 Å². The van der Waals surface area contributed by atoms with Gasteiger partial charge in [0.1, 0.15) is 5.82 Å². The molecule has 0 radical (unpaired) electrons. The van der Waals surface area contributed by atoms with Crippen LogP contribution < -0.4 is 16.4 Å². The molecular formula is C25H39N7O3. The van der Waals surface area contributed by atoms with Crippen molar-refractivity contribution in [3.63, 3.8) is 0 Å². The molecule has 10 heteroatoms. The van der Waals surface area contributed by atoms with E-state index in [0.717, 1.165) is 74.3 Å². The fourth-order valence-electron chi connectivity index (χ4n) is 6.08. The van der Waals surface area contributed by atoms with Crippen LogP contribution in [0.15, 0.2) is 12.3 Å². The van der Waals surface area contributed by atoms with Gasteiger partial charge in [-0.05, 0) is 45.4 Å². The van der Waals surface area contributed by atoms with Crippen LogP contribution in [0.1, 0.15) is 75.1 Å². The zero-order valence-electron chi connectivity index (χ0n) is 20.6. The average Bonchev–Trinajstić information content (AvgIpc) is 3.58. The molecule has 10 nitrogen and oxygen atoms in total. The minimum Gasteiger partial charge on any atom is -0.390 e. The van der Waals surface area contributed by atoms with Crippen molar-refractivity contribution in [3.05, 3.63) is 23.5 Å². The number of amides is 1. The van der Waals surface area contributed by atoms with E-state index < -0.39 is 17.7 Å². The molecule has 0 bridgehead atoms. The third kappa shape index (κ3) is 4.76. The first kappa shape index (κ1) is 24.4. The Morgan fingerprint density at radius 3 is 2.71 bits per heavy atom. The molecule has 3 aliphatic rings. The van der Waals surface area contributed by atoms with Gasteiger partial charge in [-0.1, -0.05) is 12.8 Å². The van der Waals surface area contributed by atoms with E-state index in [1.165, 1.54) is 0 Å². The van der Waals surface area contributed by atoms with Crippen LogP contribution >= 0.6 is 0 Å². The van der Waals surface area contributed by atoms with Gasteiger partial charge in [-0.2, -0.15) is 5.10 Å². The number of hydrogen-bond donors (Lipinski definition) is 4. The molecule has 1 aliphatic carbocycles. The van der Waals surface area contributed by atoms with Crippen molar-refractivity contribution in [1.82, 2.24) is 19.5 Å². The van der Waals surface area contributed by atoms with Gasteiger partial charge in [0.2, 0.25) is 5.91 Å². The van der Waals surface area contributed by atoms with E-state index in [4.69, 9.17) is 21.5 Å². The number of likely N-dealkylation sites (tertiary alicyclic amines) is 1. The van der Waals surface area contributed by atoms with Crippen LogP contribution in [0, 0.1) is 6.92 Å². The van der Waals surface area contributed by atoms with Crippen LogP contribution in [-0.2, 0) is 4.79 Å². The maximum absolute atomic E-state index is 13.4. The normalized spacial score (nSPS) is 26.4. The molecule has 2 aromatic rings. The second kappa shape index (κ2) is 9.65. The Morgan fingerprint density at radius 2 is 2.00 bits per heavy atom. The monoisotopic (exact) mass is 485 g/mol. The fourth-order valence-corrected chi connectivity index (χ4v) is 6.08. The summed E-state index contributed by atoms with van der Waals surface area (Å²) >= 11 is 0. The Bertz CT molecular complexity index is 1070. The van der Waals surface area contributed by atoms with Crippen molar-refractivity contribution in [2.24, 2.45) is 11.5 Å². The molecule has 6 N–H and O–H groups in total. The van der Waals surface area contributed by atoms with Gasteiger partial charge in [0.05, 0.1) is 29.5 Å². The average molecular weight is 486 g/mol. The summed E-state index contributed by atoms with van der Waals surface area (Å²) in [5.74, 6) is 0.748. The van der Waals surface area contributed by atoms with E-state index in [1.54, 1.807) is 4.52 Å². The van der Waals surface area contributed by atoms with E-state index in [0.29, 0.717) is 19.4 Å². The highest BCUT2D eigenvalue weighted by Crippen LogP contribution is 2.35. The molecule has 5 rings (SSSR count). The summed E-state index contributed by atoms with van der Waals surface area (Å²) < 4.78 is 1.79. The standard InChI is InChI=1S/C25H39N7O3/c1-16-14-32-22(28-23(16)30-11-7-17(26)15-30)13-19(29-32)20-6-2-5-10-31(20)24(34)18(27)12-21(33)25(35)8-3-4-9-25/h13-14,17-18,20-21,33,35H,2-12,15,26-27H2,1H3/t17-,18?,20-,21?/m0/s1. The number of carbonyl (C=O) groups excluding carboxylic acids is 1. The smallest absolute Gasteiger partial charge is 0.240 e. The molecule has 192 valence electrons. The highest BCUT2D eigenvalue weighted by atomic mass is 16.3. The van der Waals surface area contributed by atoms with Crippen molar-refractivity contribution in [1.29, 1.82) is 0 Å². The van der Waals surface area contributed by atoms with Gasteiger partial charge in [0.15, 0.2) is 5.65 Å². The SMILES string of the molecule is Cc1cn2nc([C@@H]3CCCCN3C(=O)C(N)CC(O)C3(O)CCCC3)cc2nc1N1CC[C@H](N)C1. The van der Waals surface area contributed by atoms with Gasteiger partial charge >= 0.3 is 0 Å². The van der Waals surface area contributed by atoms with Crippen LogP contribution in [0.25, 0.3) is 5.65 Å². The van der Waals surface area contributed by atoms with E-state index in [2.05, 4.69) is 4.90 Å². The molecule has 2 saturated heterocycles. The zero-order valence-corrected chi connectivity index (χ0v) is 20.6. The van der Waals surface area contributed by atoms with Crippen LogP contribution in [0.4, 0.5) is 5.82 Å². The van der Waals surface area contributed by atoms with Crippen LogP contribution in [-0.4, -0.2) is 79.0 Å². The Labute approximate surface area is 206 Å². The summed E-state index contributed by atoms with van der Waals surface area (Å²) in [6.45, 7) is 4.34. The number of nitrogens with two attached hydrogens (primary N) is 2. The topological polar surface area (TPSA) is 146 Å². The van der Waals surface area contributed by atoms with Crippen molar-refractivity contribution < 1.29 is 15.0 Å². The Morgan fingerprint density at radius 1 is 1.23 bits per heavy atom. The molecule has 35 heavy (non-hydrogen) atoms. The molecule has 0 aromatic carbocycles. The number of carbonyl (C=O) groups is 1. The number of piperidine rings is 1. The van der Waals surface area contributed by atoms with Crippen molar-refractivity contribution in [2.75, 3.05) is 24.5 Å². The number of aliphatic hydroxyl groups is 2. The summed E-state index contributed by atoms with van der Waals surface area (Å²) in [4.78, 5) is 22.3. The zero-order chi connectivity index (χ0) is 24.7. The third-order valence-corrected chi connectivity index (χ3v) is 8.16. The molecule has 2 aliphatic heterocycles. The highest BCUT2D eigenvalue weighted by molar-refractivity contribution is 5.82. The maximum atomic E-state index is 13.4. The first-order valence-electron chi connectivity index (χ1n) is 13.1. The van der Waals surface area contributed by atoms with E-state index in [-0.39, 0.29) is 24.4 Å². The summed E-state index contributed by atoms with van der Waals surface area (Å²) in [5.41, 5.74) is 13.9. The summed E-state index contributed by atoms with van der Waals surface area (Å²) in [6.07, 6.45) is 7.62. The molecule has 2 aromatic heterocycles. The number of aryl methyl sites for hydroxylation is 1. The number of hydrogen-bond acceptors (Lipinski definition) is 8. The predicted octanol–water partition coefficient (Wildman–Crippen LogP) is 1.01. The molecule has 1 amide bonds. The number of fused-ring (bicyclic) bond motifs is 1. The van der Waals surface area contributed by atoms with Crippen LogP contribution in [0.3, 0.4) is 0 Å². The lowest BCUT2D eigenvalue weighted by Gasteiger charge is -2.37. The van der Waals surface area contributed by atoms with Gasteiger partial charge in [0, 0.05) is 49.9 Å². The molecular weight excluding hydrogens is 446 g/mol. The van der Waals surface area contributed by atoms with Crippen LogP contribution in [0.5, 0.6) is 0 Å². The van der Waals surface area contributed by atoms with E-state index in [9.17, 15) is 15.0 Å². The molecule has 0 spiro atoms. The van der Waals surface area contributed by atoms with Crippen molar-refractivity contribution >= 4 is 17.4 Å². The van der Waals surface area contributed by atoms with Crippen LogP contribution in [0.2, 0.25) is 0 Å². The Hall–Kier alpha value is -2.27. The van der Waals surface area contributed by atoms with Gasteiger partial charge in [-0.3, -0.25) is 4.79 Å². The summed E-state index contributed by atoms with van der Waals surface area (Å²) in [5, 5.41) is 26.1. The minimum absolute atomic E-state index is 0.0613. The number of aliphatic hydroxyl groups excluding tert-OH is 1. The fraction of sp³-hybridized carbons (Fsp3) is 0.720. The lowest BCUT2D eigenvalue weighted by Crippen LogP contribution is -2.51. The Kier molecular flexibility index (Phi) is 6.73. The van der Waals surface area contributed by atoms with Crippen molar-refractivity contribution in [3.8, 4) is 0 Å². The third-order valence-electron chi connectivity index (χ3n) is 8.16. The minimum atomic E-state index is -1.12. The summed E-state index contributed by atoms with van der Waals surface area (Å²) in [6, 6.07) is 1.10. The van der Waals surface area contributed by atoms with E-state index >= 15 is 0 Å². The maximum Gasteiger partial charge on any atom is 0.240 e. The van der Waals surface area contributed by atoms with Gasteiger partial charge in [-0.25, -0.2) is 9.50 Å². The second-order valence-electron chi connectivity index (χ2n) is 10.8. The van der Waals surface area contributed by atoms with Gasteiger partial charge < -0.3 is 31.5 Å². The predicted molar refractivity (Wildman–Crippen MR) is 133 cm³/mol. The number of anilines is 1. The largest absolute Gasteiger partial charge is 0.390 e. The molecule has 2 unspecified atom stereocenters.